The topological polar surface area (TPSA) is 99.1 Å². The molecule has 30 heavy (non-hydrogen) atoms. The Kier molecular flexibility index (Phi) is 5.26. The average molecular weight is 406 g/mol. The maximum absolute atomic E-state index is 12.8. The number of carbonyl (C=O) groups is 1. The van der Waals surface area contributed by atoms with Crippen molar-refractivity contribution in [3.05, 3.63) is 88.2 Å². The summed E-state index contributed by atoms with van der Waals surface area (Å²) in [4.78, 5) is 23.7. The summed E-state index contributed by atoms with van der Waals surface area (Å²) in [6.45, 7) is 2.05. The molecule has 0 unspecified atom stereocenters. The fourth-order valence-electron chi connectivity index (χ4n) is 2.99. The van der Waals surface area contributed by atoms with Crippen LogP contribution in [-0.4, -0.2) is 11.1 Å². The molecule has 0 spiro atoms. The van der Waals surface area contributed by atoms with Crippen LogP contribution in [0, 0.1) is 0 Å². The molecule has 2 aromatic carbocycles. The van der Waals surface area contributed by atoms with Crippen LogP contribution in [0.15, 0.2) is 74.5 Å². The fourth-order valence-corrected chi connectivity index (χ4v) is 2.99. The van der Waals surface area contributed by atoms with Gasteiger partial charge in [0.1, 0.15) is 35.7 Å². The van der Waals surface area contributed by atoms with Gasteiger partial charge in [-0.2, -0.15) is 0 Å². The van der Waals surface area contributed by atoms with E-state index < -0.39 is 5.97 Å². The smallest absolute Gasteiger partial charge is 0.371 e. The summed E-state index contributed by atoms with van der Waals surface area (Å²) in [5, 5.41) is 9.25. The number of hydrogen-bond acceptors (Lipinski definition) is 6. The number of benzene rings is 2. The van der Waals surface area contributed by atoms with Gasteiger partial charge in [-0.3, -0.25) is 4.79 Å². The van der Waals surface area contributed by atoms with E-state index in [1.54, 1.807) is 18.2 Å². The second kappa shape index (κ2) is 8.16. The van der Waals surface area contributed by atoms with Crippen LogP contribution < -0.4 is 14.9 Å². The lowest BCUT2D eigenvalue weighted by Gasteiger charge is -2.10. The zero-order valence-electron chi connectivity index (χ0n) is 16.1. The van der Waals surface area contributed by atoms with E-state index in [2.05, 4.69) is 0 Å². The molecule has 0 bridgehead atoms. The van der Waals surface area contributed by atoms with Crippen LogP contribution in [0.4, 0.5) is 0 Å². The summed E-state index contributed by atoms with van der Waals surface area (Å²) in [7, 11) is 0. The second-order valence-corrected chi connectivity index (χ2v) is 6.51. The molecular weight excluding hydrogens is 388 g/mol. The molecule has 0 aliphatic heterocycles. The number of furan rings is 1. The SMILES string of the molecule is CCc1ccccc1Oc1coc2cc(OCc3ccc(C(=O)O)o3)ccc2c1=O. The van der Waals surface area contributed by atoms with Crippen molar-refractivity contribution in [1.82, 2.24) is 0 Å². The molecule has 0 radical (unpaired) electrons. The van der Waals surface area contributed by atoms with Gasteiger partial charge >= 0.3 is 5.97 Å². The zero-order valence-corrected chi connectivity index (χ0v) is 16.1. The molecule has 152 valence electrons. The van der Waals surface area contributed by atoms with E-state index in [4.69, 9.17) is 23.4 Å². The zero-order chi connectivity index (χ0) is 21.1. The predicted molar refractivity (Wildman–Crippen MR) is 108 cm³/mol. The minimum Gasteiger partial charge on any atom is -0.486 e. The molecule has 7 heteroatoms. The molecule has 0 aliphatic carbocycles. The van der Waals surface area contributed by atoms with E-state index in [1.807, 2.05) is 31.2 Å². The van der Waals surface area contributed by atoms with Crippen molar-refractivity contribution >= 4 is 16.9 Å². The standard InChI is InChI=1S/C23H18O7/c1-2-14-5-3-4-6-18(14)30-21-13-28-20-11-15(7-9-17(20)22(21)24)27-12-16-8-10-19(29-16)23(25)26/h3-11,13H,2,12H2,1H3,(H,25,26). The number of aryl methyl sites for hydroxylation is 1. The first kappa shape index (κ1) is 19.3. The number of ether oxygens (including phenoxy) is 2. The van der Waals surface area contributed by atoms with Crippen molar-refractivity contribution in [2.45, 2.75) is 20.0 Å². The van der Waals surface area contributed by atoms with E-state index in [0.717, 1.165) is 12.0 Å². The number of carboxylic acid groups (broad SMARTS) is 1. The average Bonchev–Trinajstić information content (AvgIpc) is 3.24. The molecule has 2 aromatic heterocycles. The Labute approximate surface area is 171 Å². The number of carboxylic acids is 1. The van der Waals surface area contributed by atoms with Gasteiger partial charge in [-0.05, 0) is 42.3 Å². The quantitative estimate of drug-likeness (QED) is 0.460. The Hall–Kier alpha value is -4.00. The van der Waals surface area contributed by atoms with Crippen LogP contribution in [0.1, 0.15) is 28.8 Å². The van der Waals surface area contributed by atoms with Crippen LogP contribution in [0.5, 0.6) is 17.2 Å². The summed E-state index contributed by atoms with van der Waals surface area (Å²) in [5.74, 6) is 0.236. The van der Waals surface area contributed by atoms with Crippen molar-refractivity contribution in [1.29, 1.82) is 0 Å². The van der Waals surface area contributed by atoms with E-state index in [1.165, 1.54) is 18.4 Å². The minimum absolute atomic E-state index is 0.0397. The van der Waals surface area contributed by atoms with Crippen LogP contribution in [0.2, 0.25) is 0 Å². The van der Waals surface area contributed by atoms with Gasteiger partial charge in [0, 0.05) is 6.07 Å². The normalized spacial score (nSPS) is 10.8. The molecule has 2 heterocycles. The fraction of sp³-hybridized carbons (Fsp3) is 0.130. The van der Waals surface area contributed by atoms with Crippen LogP contribution in [0.25, 0.3) is 11.0 Å². The van der Waals surface area contributed by atoms with Crippen molar-refractivity contribution in [2.24, 2.45) is 0 Å². The molecule has 0 fully saturated rings. The molecular formula is C23H18O7. The highest BCUT2D eigenvalue weighted by Crippen LogP contribution is 2.27. The van der Waals surface area contributed by atoms with Crippen molar-refractivity contribution in [3.63, 3.8) is 0 Å². The number of rotatable bonds is 7. The Balaban J connectivity index is 1.54. The van der Waals surface area contributed by atoms with Gasteiger partial charge in [0.2, 0.25) is 16.9 Å². The first-order valence-corrected chi connectivity index (χ1v) is 9.31. The summed E-state index contributed by atoms with van der Waals surface area (Å²) in [6, 6.07) is 15.2. The molecule has 1 N–H and O–H groups in total. The van der Waals surface area contributed by atoms with E-state index >= 15 is 0 Å². The molecule has 0 atom stereocenters. The molecule has 7 nitrogen and oxygen atoms in total. The maximum Gasteiger partial charge on any atom is 0.371 e. The Bertz CT molecular complexity index is 1270. The molecule has 4 aromatic rings. The van der Waals surface area contributed by atoms with Gasteiger partial charge in [0.25, 0.3) is 0 Å². The Morgan fingerprint density at radius 3 is 2.67 bits per heavy atom. The van der Waals surface area contributed by atoms with Gasteiger partial charge in [-0.1, -0.05) is 25.1 Å². The van der Waals surface area contributed by atoms with Crippen molar-refractivity contribution in [3.8, 4) is 17.2 Å². The number of para-hydroxylation sites is 1. The summed E-state index contributed by atoms with van der Waals surface area (Å²) in [5.41, 5.74) is 1.05. The molecule has 0 aliphatic rings. The Morgan fingerprint density at radius 2 is 1.90 bits per heavy atom. The molecule has 4 rings (SSSR count). The first-order valence-electron chi connectivity index (χ1n) is 9.31. The van der Waals surface area contributed by atoms with Gasteiger partial charge in [0.05, 0.1) is 5.39 Å². The molecule has 0 amide bonds. The van der Waals surface area contributed by atoms with Crippen LogP contribution in [-0.2, 0) is 13.0 Å². The summed E-state index contributed by atoms with van der Waals surface area (Å²) in [6.07, 6.45) is 2.06. The molecule has 0 saturated carbocycles. The van der Waals surface area contributed by atoms with Crippen molar-refractivity contribution in [2.75, 3.05) is 0 Å². The van der Waals surface area contributed by atoms with E-state index in [0.29, 0.717) is 28.2 Å². The van der Waals surface area contributed by atoms with Crippen LogP contribution >= 0.6 is 0 Å². The highest BCUT2D eigenvalue weighted by Gasteiger charge is 2.13. The third-order valence-corrected chi connectivity index (χ3v) is 4.54. The summed E-state index contributed by atoms with van der Waals surface area (Å²) >= 11 is 0. The number of hydrogen-bond donors (Lipinski definition) is 1. The highest BCUT2D eigenvalue weighted by molar-refractivity contribution is 5.84. The maximum atomic E-state index is 12.8. The Morgan fingerprint density at radius 1 is 1.07 bits per heavy atom. The summed E-state index contributed by atoms with van der Waals surface area (Å²) < 4.78 is 22.1. The van der Waals surface area contributed by atoms with E-state index in [9.17, 15) is 9.59 Å². The monoisotopic (exact) mass is 406 g/mol. The molecule has 0 saturated heterocycles. The van der Waals surface area contributed by atoms with Crippen molar-refractivity contribution < 1.29 is 28.2 Å². The third kappa shape index (κ3) is 3.91. The number of fused-ring (bicyclic) bond motifs is 1. The minimum atomic E-state index is -1.15. The first-order chi connectivity index (χ1) is 14.5. The van der Waals surface area contributed by atoms with Gasteiger partial charge in [0.15, 0.2) is 0 Å². The second-order valence-electron chi connectivity index (χ2n) is 6.51. The number of aromatic carboxylic acids is 1. The lowest BCUT2D eigenvalue weighted by atomic mass is 10.1. The van der Waals surface area contributed by atoms with Gasteiger partial charge in [-0.15, -0.1) is 0 Å². The van der Waals surface area contributed by atoms with Gasteiger partial charge < -0.3 is 23.4 Å². The van der Waals surface area contributed by atoms with E-state index in [-0.39, 0.29) is 23.5 Å². The van der Waals surface area contributed by atoms with Gasteiger partial charge in [-0.25, -0.2) is 4.79 Å². The highest BCUT2D eigenvalue weighted by atomic mass is 16.5. The predicted octanol–water partition coefficient (Wildman–Crippen LogP) is 5.02. The lowest BCUT2D eigenvalue weighted by Crippen LogP contribution is -2.06. The largest absolute Gasteiger partial charge is 0.486 e. The van der Waals surface area contributed by atoms with Crippen LogP contribution in [0.3, 0.4) is 0 Å². The third-order valence-electron chi connectivity index (χ3n) is 4.54. The lowest BCUT2D eigenvalue weighted by molar-refractivity contribution is 0.0658.